The number of hydrogen-bond acceptors (Lipinski definition) is 15. The minimum absolute atomic E-state index is 0.0852. The van der Waals surface area contributed by atoms with Crippen molar-refractivity contribution in [3.05, 3.63) is 24.3 Å². The van der Waals surface area contributed by atoms with Crippen molar-refractivity contribution < 1.29 is 80.2 Å². The number of rotatable bonds is 86. The smallest absolute Gasteiger partial charge is 0.462 e. The first kappa shape index (κ1) is 105. The van der Waals surface area contributed by atoms with Gasteiger partial charge in [-0.3, -0.25) is 37.3 Å². The van der Waals surface area contributed by atoms with Crippen LogP contribution in [-0.2, 0) is 65.4 Å². The van der Waals surface area contributed by atoms with Gasteiger partial charge in [-0.05, 0) is 57.3 Å². The Morgan fingerprint density at radius 3 is 0.766 bits per heavy atom. The first-order valence-electron chi connectivity index (χ1n) is 45.0. The van der Waals surface area contributed by atoms with Gasteiger partial charge in [0.05, 0.1) is 26.4 Å². The Labute approximate surface area is 656 Å². The Hall–Kier alpha value is -2.46. The Balaban J connectivity index is 5.27. The lowest BCUT2D eigenvalue weighted by atomic mass is 10.0. The van der Waals surface area contributed by atoms with Crippen LogP contribution in [0.5, 0.6) is 0 Å². The van der Waals surface area contributed by atoms with E-state index < -0.39 is 97.5 Å². The summed E-state index contributed by atoms with van der Waals surface area (Å²) in [4.78, 5) is 73.3. The number of unbranched alkanes of at least 4 members (excludes halogenated alkanes) is 55. The fourth-order valence-electron chi connectivity index (χ4n) is 13.3. The van der Waals surface area contributed by atoms with Gasteiger partial charge in [-0.25, -0.2) is 9.13 Å². The van der Waals surface area contributed by atoms with Crippen molar-refractivity contribution in [2.75, 3.05) is 39.6 Å². The highest BCUT2D eigenvalue weighted by molar-refractivity contribution is 7.47. The normalized spacial score (nSPS) is 13.9. The molecule has 5 atom stereocenters. The van der Waals surface area contributed by atoms with Crippen LogP contribution in [0.25, 0.3) is 0 Å². The number of ether oxygens (including phenoxy) is 4. The highest BCUT2D eigenvalue weighted by atomic mass is 31.2. The van der Waals surface area contributed by atoms with Crippen LogP contribution in [0.1, 0.15) is 452 Å². The Bertz CT molecular complexity index is 2130. The van der Waals surface area contributed by atoms with E-state index in [1.165, 1.54) is 263 Å². The summed E-state index contributed by atoms with van der Waals surface area (Å²) < 4.78 is 68.9. The molecule has 17 nitrogen and oxygen atoms in total. The van der Waals surface area contributed by atoms with E-state index in [2.05, 4.69) is 58.9 Å². The second-order valence-corrected chi connectivity index (χ2v) is 34.3. The summed E-state index contributed by atoms with van der Waals surface area (Å²) in [5.41, 5.74) is 0. The molecule has 0 aromatic heterocycles. The van der Waals surface area contributed by atoms with E-state index in [1.807, 2.05) is 0 Å². The summed E-state index contributed by atoms with van der Waals surface area (Å²) >= 11 is 0. The lowest BCUT2D eigenvalue weighted by Crippen LogP contribution is -2.30. The van der Waals surface area contributed by atoms with Crippen molar-refractivity contribution in [1.29, 1.82) is 0 Å². The van der Waals surface area contributed by atoms with Crippen LogP contribution in [0.3, 0.4) is 0 Å². The van der Waals surface area contributed by atoms with Gasteiger partial charge in [-0.15, -0.1) is 0 Å². The second kappa shape index (κ2) is 80.2. The summed E-state index contributed by atoms with van der Waals surface area (Å²) in [6.45, 7) is 7.28. The fourth-order valence-corrected chi connectivity index (χ4v) is 14.9. The van der Waals surface area contributed by atoms with Crippen molar-refractivity contribution in [2.24, 2.45) is 5.92 Å². The highest BCUT2D eigenvalue weighted by Crippen LogP contribution is 2.45. The summed E-state index contributed by atoms with van der Waals surface area (Å²) in [6, 6.07) is 0. The molecule has 3 N–H and O–H groups in total. The molecule has 0 aliphatic heterocycles. The molecular weight excluding hydrogens is 1390 g/mol. The Morgan fingerprint density at radius 2 is 0.505 bits per heavy atom. The van der Waals surface area contributed by atoms with Gasteiger partial charge in [-0.2, -0.15) is 0 Å². The molecule has 0 rings (SSSR count). The zero-order chi connectivity index (χ0) is 78.3. The molecule has 0 saturated carbocycles. The zero-order valence-corrected chi connectivity index (χ0v) is 71.6. The predicted molar refractivity (Wildman–Crippen MR) is 441 cm³/mol. The van der Waals surface area contributed by atoms with Crippen LogP contribution in [0.15, 0.2) is 24.3 Å². The van der Waals surface area contributed by atoms with Crippen LogP contribution in [0.2, 0.25) is 0 Å². The number of allylic oxidation sites excluding steroid dienone is 4. The van der Waals surface area contributed by atoms with Gasteiger partial charge in [0.25, 0.3) is 0 Å². The number of aliphatic hydroxyl groups is 1. The molecular formula is C88H168O17P2. The topological polar surface area (TPSA) is 237 Å². The third-order valence-corrected chi connectivity index (χ3v) is 22.1. The first-order chi connectivity index (χ1) is 52.0. The van der Waals surface area contributed by atoms with E-state index in [-0.39, 0.29) is 25.7 Å². The largest absolute Gasteiger partial charge is 0.472 e. The second-order valence-electron chi connectivity index (χ2n) is 31.4. The number of phosphoric ester groups is 2. The van der Waals surface area contributed by atoms with Crippen molar-refractivity contribution in [3.63, 3.8) is 0 Å². The fraction of sp³-hybridized carbons (Fsp3) is 0.909. The summed E-state index contributed by atoms with van der Waals surface area (Å²) in [6.07, 6.45) is 77.3. The number of carbonyl (C=O) groups is 4. The van der Waals surface area contributed by atoms with E-state index in [1.54, 1.807) is 0 Å². The van der Waals surface area contributed by atoms with E-state index >= 15 is 0 Å². The van der Waals surface area contributed by atoms with Crippen LogP contribution in [0, 0.1) is 5.92 Å². The van der Waals surface area contributed by atoms with Crippen molar-refractivity contribution >= 4 is 39.5 Å². The van der Waals surface area contributed by atoms with Crippen molar-refractivity contribution in [1.82, 2.24) is 0 Å². The van der Waals surface area contributed by atoms with Crippen molar-refractivity contribution in [3.8, 4) is 0 Å². The molecule has 0 aliphatic carbocycles. The molecule has 0 heterocycles. The lowest BCUT2D eigenvalue weighted by Gasteiger charge is -2.21. The third-order valence-electron chi connectivity index (χ3n) is 20.2. The number of esters is 4. The van der Waals surface area contributed by atoms with E-state index in [0.717, 1.165) is 109 Å². The monoisotopic (exact) mass is 1560 g/mol. The van der Waals surface area contributed by atoms with Gasteiger partial charge >= 0.3 is 39.5 Å². The van der Waals surface area contributed by atoms with Crippen LogP contribution in [0.4, 0.5) is 0 Å². The molecule has 0 saturated heterocycles. The number of aliphatic hydroxyl groups excluding tert-OH is 1. The standard InChI is InChI=1S/C88H168O17P2/c1-6-9-12-15-18-21-24-27-30-32-34-36-38-41-43-46-51-56-61-66-71-85(90)98-77-83(104-88(93)74-69-64-59-53-48-45-42-39-37-35-33-31-28-25-22-19-16-13-10-7-2)79-102-106(94,95)100-75-82(89)76-101-107(96,97)103-80-84(78-99-86(91)72-67-62-57-54-49-50-55-60-65-70-81(4)5)105-87(92)73-68-63-58-52-47-44-40-29-26-23-20-17-14-11-8-3/h23,26,29,40,81-84,89H,6-22,24-25,27-28,30-39,41-80H2,1-5H3,(H,94,95)(H,96,97)/b26-23-,40-29-/t82-,83-,84-/m1/s1. The minimum atomic E-state index is -4.97. The Morgan fingerprint density at radius 1 is 0.290 bits per heavy atom. The Kier molecular flexibility index (Phi) is 78.3. The average Bonchev–Trinajstić information content (AvgIpc) is 0.900. The van der Waals surface area contributed by atoms with E-state index in [9.17, 15) is 43.2 Å². The maximum atomic E-state index is 13.2. The molecule has 19 heteroatoms. The maximum absolute atomic E-state index is 13.2. The SMILES string of the molecule is CCCCCC/C=C\C=C/CCCCCCCC(=O)O[C@H](COC(=O)CCCCCCCCCCCC(C)C)COP(=O)(O)OC[C@H](O)COP(=O)(O)OC[C@@H](COC(=O)CCCCCCCCCCCCCCCCCCCCCC)OC(=O)CCCCCCCCCCCCCCCCCCCCCC. The van der Waals surface area contributed by atoms with E-state index in [4.69, 9.17) is 37.0 Å². The number of hydrogen-bond donors (Lipinski definition) is 3. The van der Waals surface area contributed by atoms with Gasteiger partial charge in [0, 0.05) is 25.7 Å². The molecule has 0 bridgehead atoms. The van der Waals surface area contributed by atoms with Crippen LogP contribution < -0.4 is 0 Å². The van der Waals surface area contributed by atoms with Crippen LogP contribution >= 0.6 is 15.6 Å². The third kappa shape index (κ3) is 81.4. The highest BCUT2D eigenvalue weighted by Gasteiger charge is 2.30. The molecule has 0 spiro atoms. The molecule has 632 valence electrons. The maximum Gasteiger partial charge on any atom is 0.472 e. The minimum Gasteiger partial charge on any atom is -0.462 e. The molecule has 0 aromatic carbocycles. The predicted octanol–water partition coefficient (Wildman–Crippen LogP) is 26.7. The molecule has 0 aromatic rings. The number of phosphoric acid groups is 2. The van der Waals surface area contributed by atoms with Gasteiger partial charge in [0.15, 0.2) is 12.2 Å². The lowest BCUT2D eigenvalue weighted by molar-refractivity contribution is -0.161. The number of carbonyl (C=O) groups excluding carboxylic acids is 4. The molecule has 0 fully saturated rings. The average molecular weight is 1560 g/mol. The molecule has 0 radical (unpaired) electrons. The molecule has 2 unspecified atom stereocenters. The summed E-state index contributed by atoms with van der Waals surface area (Å²) in [7, 11) is -9.94. The van der Waals surface area contributed by atoms with Gasteiger partial charge < -0.3 is 33.8 Å². The first-order valence-corrected chi connectivity index (χ1v) is 47.9. The van der Waals surface area contributed by atoms with Crippen LogP contribution in [-0.4, -0.2) is 96.7 Å². The summed E-state index contributed by atoms with van der Waals surface area (Å²) in [5, 5.41) is 10.7. The molecule has 0 amide bonds. The molecule has 0 aliphatic rings. The van der Waals surface area contributed by atoms with Gasteiger partial charge in [0.1, 0.15) is 19.3 Å². The van der Waals surface area contributed by atoms with Crippen molar-refractivity contribution in [2.45, 2.75) is 470 Å². The zero-order valence-electron chi connectivity index (χ0n) is 69.8. The van der Waals surface area contributed by atoms with Gasteiger partial charge in [-0.1, -0.05) is 399 Å². The molecule has 107 heavy (non-hydrogen) atoms. The quantitative estimate of drug-likeness (QED) is 0.0169. The van der Waals surface area contributed by atoms with E-state index in [0.29, 0.717) is 25.7 Å². The van der Waals surface area contributed by atoms with Gasteiger partial charge in [0.2, 0.25) is 0 Å². The summed E-state index contributed by atoms with van der Waals surface area (Å²) in [5.74, 6) is -1.39.